The average molecular weight is 400 g/mol. The van der Waals surface area contributed by atoms with E-state index in [0.29, 0.717) is 12.0 Å². The Balaban J connectivity index is 1.61. The van der Waals surface area contributed by atoms with Crippen molar-refractivity contribution in [1.82, 2.24) is 4.90 Å². The third kappa shape index (κ3) is 2.49. The van der Waals surface area contributed by atoms with E-state index in [4.69, 9.17) is 9.16 Å². The standard InChI is InChI=1S/C23H33NO3Si/c1-5-6-13-28(3,4)27-19-10-7-15-14-17-16-8-9-18(25)22-23(16,11-12-24(17)2)20(15)21(19)26-22/h7-10,16-18,22,25H,5-6,11-14H2,1-4H3/t16-,17+,18-,22-,23-/m0/s1. The van der Waals surface area contributed by atoms with Crippen molar-refractivity contribution in [3.8, 4) is 11.5 Å². The highest BCUT2D eigenvalue weighted by Crippen LogP contribution is 2.62. The largest absolute Gasteiger partial charge is 0.542 e. The second kappa shape index (κ2) is 6.35. The van der Waals surface area contributed by atoms with Gasteiger partial charge < -0.3 is 19.2 Å². The number of aliphatic hydroxyl groups excluding tert-OH is 1. The predicted octanol–water partition coefficient (Wildman–Crippen LogP) is 3.88. The summed E-state index contributed by atoms with van der Waals surface area (Å²) in [4.78, 5) is 2.50. The van der Waals surface area contributed by atoms with Crippen molar-refractivity contribution in [1.29, 1.82) is 0 Å². The van der Waals surface area contributed by atoms with Crippen LogP contribution in [-0.2, 0) is 11.8 Å². The molecule has 5 rings (SSSR count). The first kappa shape index (κ1) is 18.7. The molecule has 1 spiro atoms. The van der Waals surface area contributed by atoms with Gasteiger partial charge >= 0.3 is 0 Å². The maximum atomic E-state index is 10.8. The number of hydrogen-bond acceptors (Lipinski definition) is 4. The van der Waals surface area contributed by atoms with Crippen LogP contribution in [0.2, 0.25) is 19.1 Å². The van der Waals surface area contributed by atoms with Crippen LogP contribution in [0.4, 0.5) is 0 Å². The van der Waals surface area contributed by atoms with Gasteiger partial charge in [-0.1, -0.05) is 38.0 Å². The van der Waals surface area contributed by atoms with Gasteiger partial charge in [0, 0.05) is 22.9 Å². The van der Waals surface area contributed by atoms with E-state index in [1.165, 1.54) is 24.0 Å². The molecule has 1 saturated heterocycles. The van der Waals surface area contributed by atoms with E-state index in [2.05, 4.69) is 50.2 Å². The molecule has 0 aromatic heterocycles. The zero-order valence-corrected chi connectivity index (χ0v) is 18.6. The van der Waals surface area contributed by atoms with E-state index < -0.39 is 14.4 Å². The summed E-state index contributed by atoms with van der Waals surface area (Å²) in [6.07, 6.45) is 8.02. The highest BCUT2D eigenvalue weighted by molar-refractivity contribution is 6.71. The molecule has 4 nitrogen and oxygen atoms in total. The summed E-state index contributed by atoms with van der Waals surface area (Å²) in [7, 11) is 0.441. The number of hydrogen-bond donors (Lipinski definition) is 1. The molecule has 2 aliphatic heterocycles. The number of unbranched alkanes of at least 4 members (excludes halogenated alkanes) is 1. The summed E-state index contributed by atoms with van der Waals surface area (Å²) in [6.45, 7) is 7.91. The van der Waals surface area contributed by atoms with Crippen molar-refractivity contribution in [2.75, 3.05) is 13.6 Å². The number of aliphatic hydroxyl groups is 1. The Bertz CT molecular complexity index is 822. The number of ether oxygens (including phenoxy) is 1. The molecule has 1 N–H and O–H groups in total. The van der Waals surface area contributed by atoms with Gasteiger partial charge in [-0.25, -0.2) is 0 Å². The van der Waals surface area contributed by atoms with Gasteiger partial charge in [0.15, 0.2) is 5.75 Å². The molecule has 4 aliphatic rings. The highest BCUT2D eigenvalue weighted by Gasteiger charge is 2.64. The summed E-state index contributed by atoms with van der Waals surface area (Å²) in [5.41, 5.74) is 2.66. The number of nitrogens with zero attached hydrogens (tertiary/aromatic N) is 1. The number of likely N-dealkylation sites (tertiary alicyclic amines) is 1. The molecular weight excluding hydrogens is 366 g/mol. The second-order valence-electron chi connectivity index (χ2n) is 9.87. The fourth-order valence-corrected chi connectivity index (χ4v) is 8.32. The maximum absolute atomic E-state index is 10.8. The SMILES string of the molecule is CCCC[Si](C)(C)Oc1ccc2c3c1O[C@H]1[C@@H](O)C=C[C@H]4[C@@H](C2)N(C)CC[C@@]341. The third-order valence-corrected chi connectivity index (χ3v) is 9.98. The molecule has 0 saturated carbocycles. The Labute approximate surface area is 169 Å². The molecule has 152 valence electrons. The minimum atomic E-state index is -1.80. The first-order valence-corrected chi connectivity index (χ1v) is 14.1. The summed E-state index contributed by atoms with van der Waals surface area (Å²) >= 11 is 0. The quantitative estimate of drug-likeness (QED) is 0.603. The number of piperidine rings is 1. The van der Waals surface area contributed by atoms with Gasteiger partial charge in [-0.3, -0.25) is 0 Å². The van der Waals surface area contributed by atoms with E-state index >= 15 is 0 Å². The molecule has 5 atom stereocenters. The van der Waals surface area contributed by atoms with Gasteiger partial charge in [-0.15, -0.1) is 0 Å². The van der Waals surface area contributed by atoms with Crippen LogP contribution >= 0.6 is 0 Å². The minimum Gasteiger partial charge on any atom is -0.542 e. The van der Waals surface area contributed by atoms with Crippen LogP contribution in [0.15, 0.2) is 24.3 Å². The van der Waals surface area contributed by atoms with Gasteiger partial charge in [0.2, 0.25) is 8.32 Å². The summed E-state index contributed by atoms with van der Waals surface area (Å²) in [5.74, 6) is 2.27. The predicted molar refractivity (Wildman–Crippen MR) is 114 cm³/mol. The van der Waals surface area contributed by atoms with Gasteiger partial charge in [0.25, 0.3) is 0 Å². The number of benzene rings is 1. The Kier molecular flexibility index (Phi) is 4.24. The number of rotatable bonds is 5. The summed E-state index contributed by atoms with van der Waals surface area (Å²) in [5, 5.41) is 10.8. The molecule has 0 amide bonds. The zero-order chi connectivity index (χ0) is 19.7. The topological polar surface area (TPSA) is 41.9 Å². The Hall–Kier alpha value is -1.30. The molecule has 1 aromatic carbocycles. The van der Waals surface area contributed by atoms with Crippen LogP contribution < -0.4 is 9.16 Å². The van der Waals surface area contributed by atoms with E-state index in [1.54, 1.807) is 0 Å². The molecule has 0 unspecified atom stereocenters. The lowest BCUT2D eigenvalue weighted by Crippen LogP contribution is -2.64. The third-order valence-electron chi connectivity index (χ3n) is 7.65. The van der Waals surface area contributed by atoms with Crippen LogP contribution in [0.5, 0.6) is 11.5 Å². The molecule has 2 heterocycles. The van der Waals surface area contributed by atoms with E-state index in [1.807, 2.05) is 6.08 Å². The van der Waals surface area contributed by atoms with Crippen LogP contribution in [0.3, 0.4) is 0 Å². The van der Waals surface area contributed by atoms with Crippen molar-refractivity contribution < 1.29 is 14.3 Å². The van der Waals surface area contributed by atoms with Crippen molar-refractivity contribution >= 4 is 8.32 Å². The molecule has 1 aromatic rings. The molecule has 5 heteroatoms. The molecule has 2 bridgehead atoms. The van der Waals surface area contributed by atoms with Crippen molar-refractivity contribution in [3.63, 3.8) is 0 Å². The zero-order valence-electron chi connectivity index (χ0n) is 17.6. The Morgan fingerprint density at radius 1 is 1.32 bits per heavy atom. The molecule has 2 aliphatic carbocycles. The van der Waals surface area contributed by atoms with Crippen LogP contribution in [0.25, 0.3) is 0 Å². The lowest BCUT2D eigenvalue weighted by Gasteiger charge is -2.56. The fraction of sp³-hybridized carbons (Fsp3) is 0.652. The number of likely N-dealkylation sites (N-methyl/N-ethyl adjacent to an activating group) is 1. The molecule has 28 heavy (non-hydrogen) atoms. The van der Waals surface area contributed by atoms with E-state index in [9.17, 15) is 5.11 Å². The second-order valence-corrected chi connectivity index (χ2v) is 14.1. The normalized spacial score (nSPS) is 35.5. The fourth-order valence-electron chi connectivity index (χ4n) is 6.26. The first-order valence-electron chi connectivity index (χ1n) is 11.0. The van der Waals surface area contributed by atoms with Crippen LogP contribution in [0, 0.1) is 5.92 Å². The molecule has 1 fully saturated rings. The van der Waals surface area contributed by atoms with E-state index in [-0.39, 0.29) is 11.5 Å². The summed E-state index contributed by atoms with van der Waals surface area (Å²) < 4.78 is 13.2. The van der Waals surface area contributed by atoms with Crippen molar-refractivity contribution in [2.24, 2.45) is 5.92 Å². The van der Waals surface area contributed by atoms with Crippen molar-refractivity contribution in [2.45, 2.75) is 75.4 Å². The lowest BCUT2D eigenvalue weighted by molar-refractivity contribution is -0.0452. The van der Waals surface area contributed by atoms with Gasteiger partial charge in [0.05, 0.1) is 0 Å². The van der Waals surface area contributed by atoms with Crippen LogP contribution in [0.1, 0.15) is 37.3 Å². The lowest BCUT2D eigenvalue weighted by atomic mass is 9.53. The Morgan fingerprint density at radius 2 is 2.14 bits per heavy atom. The average Bonchev–Trinajstić information content (AvgIpc) is 3.01. The minimum absolute atomic E-state index is 0.0945. The maximum Gasteiger partial charge on any atom is 0.245 e. The molecule has 0 radical (unpaired) electrons. The highest BCUT2D eigenvalue weighted by atomic mass is 28.4. The van der Waals surface area contributed by atoms with E-state index in [0.717, 1.165) is 36.9 Å². The first-order chi connectivity index (χ1) is 13.4. The van der Waals surface area contributed by atoms with Gasteiger partial charge in [-0.2, -0.15) is 0 Å². The van der Waals surface area contributed by atoms with Crippen molar-refractivity contribution in [3.05, 3.63) is 35.4 Å². The van der Waals surface area contributed by atoms with Crippen LogP contribution in [-0.4, -0.2) is 50.2 Å². The van der Waals surface area contributed by atoms with Gasteiger partial charge in [0.1, 0.15) is 18.0 Å². The van der Waals surface area contributed by atoms with Gasteiger partial charge in [-0.05, 0) is 57.2 Å². The smallest absolute Gasteiger partial charge is 0.245 e. The monoisotopic (exact) mass is 399 g/mol. The Morgan fingerprint density at radius 3 is 2.93 bits per heavy atom. The summed E-state index contributed by atoms with van der Waals surface area (Å²) in [6, 6.07) is 6.07. The molecular formula is C23H33NO3Si.